The zero-order valence-corrected chi connectivity index (χ0v) is 16.5. The summed E-state index contributed by atoms with van der Waals surface area (Å²) in [4.78, 5) is 24.9. The molecule has 0 saturated heterocycles. The lowest BCUT2D eigenvalue weighted by atomic mass is 10.1. The minimum Gasteiger partial charge on any atom is -0.451 e. The van der Waals surface area contributed by atoms with E-state index in [4.69, 9.17) is 4.42 Å². The number of furan rings is 1. The number of nitrogens with zero attached hydrogens (tertiary/aromatic N) is 4. The van der Waals surface area contributed by atoms with Gasteiger partial charge in [-0.05, 0) is 48.5 Å². The Bertz CT molecular complexity index is 1460. The lowest BCUT2D eigenvalue weighted by Gasteiger charge is -2.03. The zero-order valence-electron chi connectivity index (χ0n) is 16.5. The number of nitro benzene ring substituents is 1. The molecule has 32 heavy (non-hydrogen) atoms. The molecule has 9 nitrogen and oxygen atoms in total. The Morgan fingerprint density at radius 2 is 1.66 bits per heavy atom. The summed E-state index contributed by atoms with van der Waals surface area (Å²) >= 11 is 0. The molecular formula is C23H15N5O4. The van der Waals surface area contributed by atoms with E-state index in [1.165, 1.54) is 23.0 Å². The van der Waals surface area contributed by atoms with Crippen LogP contribution < -0.4 is 5.32 Å². The number of hydrogen-bond acceptors (Lipinski definition) is 6. The SMILES string of the molecule is O=C(Nc1ccc2nn(-c3ccccc3)nc2c1)c1ccc(-c2ccccc2[N+](=O)[O-])o1. The fraction of sp³-hybridized carbons (Fsp3) is 0. The normalized spacial score (nSPS) is 10.9. The van der Waals surface area contributed by atoms with Gasteiger partial charge in [0.25, 0.3) is 11.6 Å². The average molecular weight is 425 g/mol. The number of aromatic nitrogens is 3. The van der Waals surface area contributed by atoms with Crippen LogP contribution in [0.2, 0.25) is 0 Å². The molecule has 0 bridgehead atoms. The van der Waals surface area contributed by atoms with Gasteiger partial charge >= 0.3 is 0 Å². The molecule has 5 aromatic rings. The molecule has 1 N–H and O–H groups in total. The van der Waals surface area contributed by atoms with Gasteiger partial charge in [-0.2, -0.15) is 4.80 Å². The summed E-state index contributed by atoms with van der Waals surface area (Å²) in [5, 5.41) is 22.9. The summed E-state index contributed by atoms with van der Waals surface area (Å²) in [5.74, 6) is -0.209. The van der Waals surface area contributed by atoms with Gasteiger partial charge in [-0.3, -0.25) is 14.9 Å². The Morgan fingerprint density at radius 3 is 2.47 bits per heavy atom. The van der Waals surface area contributed by atoms with E-state index < -0.39 is 10.8 Å². The maximum Gasteiger partial charge on any atom is 0.291 e. The van der Waals surface area contributed by atoms with Crippen LogP contribution in [-0.2, 0) is 0 Å². The lowest BCUT2D eigenvalue weighted by Crippen LogP contribution is -2.10. The Balaban J connectivity index is 1.38. The number of rotatable bonds is 5. The molecule has 0 saturated carbocycles. The summed E-state index contributed by atoms with van der Waals surface area (Å²) in [7, 11) is 0. The van der Waals surface area contributed by atoms with Crippen molar-refractivity contribution in [1.29, 1.82) is 0 Å². The molecule has 1 amide bonds. The number of amides is 1. The number of benzene rings is 3. The molecule has 0 fully saturated rings. The standard InChI is InChI=1S/C23H15N5O4/c29-23(22-13-12-21(32-22)17-8-4-5-9-20(17)28(30)31)24-15-10-11-18-19(14-15)26-27(25-18)16-6-2-1-3-7-16/h1-14H,(H,24,29). The quantitative estimate of drug-likeness (QED) is 0.318. The van der Waals surface area contributed by atoms with Gasteiger partial charge in [-0.25, -0.2) is 0 Å². The van der Waals surface area contributed by atoms with Crippen LogP contribution >= 0.6 is 0 Å². The highest BCUT2D eigenvalue weighted by Crippen LogP contribution is 2.31. The Labute approximate surface area is 181 Å². The number of hydrogen-bond donors (Lipinski definition) is 1. The van der Waals surface area contributed by atoms with E-state index in [0.717, 1.165) is 5.69 Å². The van der Waals surface area contributed by atoms with E-state index >= 15 is 0 Å². The molecule has 0 spiro atoms. The molecule has 2 aromatic heterocycles. The van der Waals surface area contributed by atoms with Crippen LogP contribution in [0.4, 0.5) is 11.4 Å². The van der Waals surface area contributed by atoms with Crippen molar-refractivity contribution >= 4 is 28.3 Å². The molecule has 0 atom stereocenters. The van der Waals surface area contributed by atoms with Crippen LogP contribution in [0.25, 0.3) is 28.0 Å². The third-order valence-corrected chi connectivity index (χ3v) is 4.82. The molecule has 0 aliphatic rings. The van der Waals surface area contributed by atoms with Crippen LogP contribution in [0.15, 0.2) is 89.3 Å². The maximum absolute atomic E-state index is 12.7. The summed E-state index contributed by atoms with van der Waals surface area (Å²) < 4.78 is 5.60. The minimum atomic E-state index is -0.491. The lowest BCUT2D eigenvalue weighted by molar-refractivity contribution is -0.384. The molecule has 0 aliphatic heterocycles. The smallest absolute Gasteiger partial charge is 0.291 e. The number of para-hydroxylation sites is 2. The van der Waals surface area contributed by atoms with Gasteiger partial charge in [0.15, 0.2) is 5.76 Å². The maximum atomic E-state index is 12.7. The van der Waals surface area contributed by atoms with Crippen molar-refractivity contribution in [3.8, 4) is 17.0 Å². The molecular weight excluding hydrogens is 410 g/mol. The number of nitrogens with one attached hydrogen (secondary N) is 1. The van der Waals surface area contributed by atoms with E-state index in [1.807, 2.05) is 30.3 Å². The first-order valence-electron chi connectivity index (χ1n) is 9.66. The Kier molecular flexibility index (Phi) is 4.68. The van der Waals surface area contributed by atoms with Gasteiger partial charge in [0.05, 0.1) is 16.2 Å². The molecule has 0 aliphatic carbocycles. The number of fused-ring (bicyclic) bond motifs is 1. The first-order valence-corrected chi connectivity index (χ1v) is 9.66. The van der Waals surface area contributed by atoms with E-state index in [0.29, 0.717) is 22.3 Å². The molecule has 3 aromatic carbocycles. The van der Waals surface area contributed by atoms with Gasteiger partial charge in [0.2, 0.25) is 0 Å². The van der Waals surface area contributed by atoms with Crippen LogP contribution in [0.1, 0.15) is 10.6 Å². The third kappa shape index (κ3) is 3.58. The van der Waals surface area contributed by atoms with Gasteiger partial charge in [0, 0.05) is 11.8 Å². The van der Waals surface area contributed by atoms with Crippen molar-refractivity contribution < 1.29 is 14.1 Å². The number of nitro groups is 1. The minimum absolute atomic E-state index is 0.0335. The van der Waals surface area contributed by atoms with Crippen molar-refractivity contribution in [1.82, 2.24) is 15.0 Å². The number of carbonyl (C=O) groups is 1. The van der Waals surface area contributed by atoms with Crippen molar-refractivity contribution in [3.05, 3.63) is 101 Å². The second-order valence-corrected chi connectivity index (χ2v) is 6.92. The van der Waals surface area contributed by atoms with Crippen LogP contribution in [0, 0.1) is 10.1 Å². The largest absolute Gasteiger partial charge is 0.451 e. The summed E-state index contributed by atoms with van der Waals surface area (Å²) in [6, 6.07) is 23.9. The molecule has 9 heteroatoms. The van der Waals surface area contributed by atoms with Crippen LogP contribution in [0.3, 0.4) is 0 Å². The molecule has 5 rings (SSSR count). The van der Waals surface area contributed by atoms with Gasteiger partial charge in [-0.1, -0.05) is 30.3 Å². The number of anilines is 1. The first-order chi connectivity index (χ1) is 15.6. The number of carbonyl (C=O) groups excluding carboxylic acids is 1. The average Bonchev–Trinajstić information content (AvgIpc) is 3.47. The Hall–Kier alpha value is -4.79. The van der Waals surface area contributed by atoms with E-state index in [2.05, 4.69) is 15.5 Å². The predicted octanol–water partition coefficient (Wildman–Crippen LogP) is 4.84. The van der Waals surface area contributed by atoms with E-state index in [-0.39, 0.29) is 17.2 Å². The highest BCUT2D eigenvalue weighted by Gasteiger charge is 2.19. The van der Waals surface area contributed by atoms with Crippen LogP contribution in [0.5, 0.6) is 0 Å². The van der Waals surface area contributed by atoms with Crippen LogP contribution in [-0.4, -0.2) is 25.8 Å². The summed E-state index contributed by atoms with van der Waals surface area (Å²) in [6.07, 6.45) is 0. The topological polar surface area (TPSA) is 116 Å². The van der Waals surface area contributed by atoms with E-state index in [1.54, 1.807) is 36.4 Å². The second kappa shape index (κ2) is 7.80. The van der Waals surface area contributed by atoms with Gasteiger partial charge < -0.3 is 9.73 Å². The van der Waals surface area contributed by atoms with Crippen molar-refractivity contribution in [2.75, 3.05) is 5.32 Å². The first kappa shape index (κ1) is 19.2. The predicted molar refractivity (Wildman–Crippen MR) is 118 cm³/mol. The summed E-state index contributed by atoms with van der Waals surface area (Å²) in [5.41, 5.74) is 2.85. The highest BCUT2D eigenvalue weighted by atomic mass is 16.6. The summed E-state index contributed by atoms with van der Waals surface area (Å²) in [6.45, 7) is 0. The highest BCUT2D eigenvalue weighted by molar-refractivity contribution is 6.03. The van der Waals surface area contributed by atoms with Gasteiger partial charge in [-0.15, -0.1) is 10.2 Å². The molecule has 156 valence electrons. The third-order valence-electron chi connectivity index (χ3n) is 4.82. The van der Waals surface area contributed by atoms with E-state index in [9.17, 15) is 14.9 Å². The van der Waals surface area contributed by atoms with Crippen molar-refractivity contribution in [2.45, 2.75) is 0 Å². The molecule has 0 unspecified atom stereocenters. The van der Waals surface area contributed by atoms with Crippen molar-refractivity contribution in [2.24, 2.45) is 0 Å². The van der Waals surface area contributed by atoms with Crippen molar-refractivity contribution in [3.63, 3.8) is 0 Å². The van der Waals surface area contributed by atoms with Gasteiger partial charge in [0.1, 0.15) is 16.8 Å². The second-order valence-electron chi connectivity index (χ2n) is 6.92. The Morgan fingerprint density at radius 1 is 0.906 bits per heavy atom. The molecule has 2 heterocycles. The fourth-order valence-electron chi connectivity index (χ4n) is 3.31. The fourth-order valence-corrected chi connectivity index (χ4v) is 3.31. The zero-order chi connectivity index (χ0) is 22.1. The monoisotopic (exact) mass is 425 g/mol. The molecule has 0 radical (unpaired) electrons.